The highest BCUT2D eigenvalue weighted by Crippen LogP contribution is 2.44. The third-order valence-electron chi connectivity index (χ3n) is 6.62. The number of carbonyl (C=O) groups is 2. The van der Waals surface area contributed by atoms with Crippen LogP contribution >= 0.6 is 34.7 Å². The van der Waals surface area contributed by atoms with Crippen molar-refractivity contribution in [2.45, 2.75) is 30.0 Å². The summed E-state index contributed by atoms with van der Waals surface area (Å²) in [5, 5.41) is 20.9. The van der Waals surface area contributed by atoms with Gasteiger partial charge in [-0.25, -0.2) is 4.98 Å². The number of aryl methyl sites for hydroxylation is 2. The molecule has 1 aliphatic rings. The molecular formula is C29H22ClN5O3S2. The number of amides is 1. The number of Topliss-reactive ketones (excluding diaryl/α,β-unsaturated/α-hetero) is 1. The maximum absolute atomic E-state index is 13.6. The normalized spacial score (nSPS) is 16.8. The van der Waals surface area contributed by atoms with E-state index in [-0.39, 0.29) is 16.5 Å². The first-order valence-electron chi connectivity index (χ1n) is 12.3. The van der Waals surface area contributed by atoms with Crippen LogP contribution in [0.25, 0.3) is 11.4 Å². The SMILES string of the molecule is Cc1ccc(CSc2nnc(N3C(=O)C(=O)C(=C(O)c4c(C)nc5ccccn45)C3c3cccc(Cl)c3)s2)cc1. The molecule has 0 bridgehead atoms. The fourth-order valence-corrected chi connectivity index (χ4v) is 6.76. The minimum absolute atomic E-state index is 0.0647. The molecule has 0 saturated carbocycles. The third kappa shape index (κ3) is 4.68. The second-order valence-corrected chi connectivity index (χ2v) is 11.9. The van der Waals surface area contributed by atoms with Crippen molar-refractivity contribution in [3.8, 4) is 0 Å². The second kappa shape index (κ2) is 10.5. The predicted molar refractivity (Wildman–Crippen MR) is 157 cm³/mol. The summed E-state index contributed by atoms with van der Waals surface area (Å²) in [5.41, 5.74) is 4.28. The number of fused-ring (bicyclic) bond motifs is 1. The Bertz CT molecular complexity index is 1810. The number of thioether (sulfide) groups is 1. The quantitative estimate of drug-likeness (QED) is 0.0809. The summed E-state index contributed by atoms with van der Waals surface area (Å²) in [6.45, 7) is 3.78. The molecule has 1 unspecified atom stereocenters. The maximum Gasteiger partial charge on any atom is 0.301 e. The number of halogens is 1. The molecule has 0 radical (unpaired) electrons. The molecule has 5 aromatic rings. The Hall–Kier alpha value is -3.99. The summed E-state index contributed by atoms with van der Waals surface area (Å²) >= 11 is 9.04. The highest BCUT2D eigenvalue weighted by molar-refractivity contribution is 8.00. The number of ketones is 1. The van der Waals surface area contributed by atoms with Gasteiger partial charge in [0, 0.05) is 17.0 Å². The number of aliphatic hydroxyl groups is 1. The summed E-state index contributed by atoms with van der Waals surface area (Å²) in [7, 11) is 0. The van der Waals surface area contributed by atoms with Crippen LogP contribution in [-0.4, -0.2) is 36.4 Å². The largest absolute Gasteiger partial charge is 0.505 e. The molecule has 1 atom stereocenters. The number of anilines is 1. The van der Waals surface area contributed by atoms with E-state index in [1.807, 2.05) is 13.0 Å². The molecule has 8 nitrogen and oxygen atoms in total. The highest BCUT2D eigenvalue weighted by atomic mass is 35.5. The topological polar surface area (TPSA) is 101 Å². The van der Waals surface area contributed by atoms with E-state index in [0.29, 0.717) is 37.7 Å². The summed E-state index contributed by atoms with van der Waals surface area (Å²) < 4.78 is 2.35. The Morgan fingerprint density at radius 3 is 2.62 bits per heavy atom. The Balaban J connectivity index is 1.43. The van der Waals surface area contributed by atoms with E-state index in [4.69, 9.17) is 11.6 Å². The lowest BCUT2D eigenvalue weighted by Crippen LogP contribution is -2.29. The number of hydrogen-bond acceptors (Lipinski definition) is 8. The molecule has 11 heteroatoms. The molecule has 40 heavy (non-hydrogen) atoms. The average molecular weight is 588 g/mol. The smallest absolute Gasteiger partial charge is 0.301 e. The molecule has 1 saturated heterocycles. The van der Waals surface area contributed by atoms with E-state index in [9.17, 15) is 14.7 Å². The zero-order valence-electron chi connectivity index (χ0n) is 21.4. The number of nitrogens with zero attached hydrogens (tertiary/aromatic N) is 5. The van der Waals surface area contributed by atoms with E-state index < -0.39 is 17.7 Å². The van der Waals surface area contributed by atoms with Crippen molar-refractivity contribution in [2.24, 2.45) is 0 Å². The lowest BCUT2D eigenvalue weighted by Gasteiger charge is -2.22. The molecule has 2 aromatic carbocycles. The van der Waals surface area contributed by atoms with Gasteiger partial charge in [0.2, 0.25) is 5.13 Å². The van der Waals surface area contributed by atoms with Crippen LogP contribution in [0, 0.1) is 13.8 Å². The number of hydrogen-bond donors (Lipinski definition) is 1. The highest BCUT2D eigenvalue weighted by Gasteiger charge is 2.49. The van der Waals surface area contributed by atoms with Gasteiger partial charge in [0.1, 0.15) is 11.3 Å². The lowest BCUT2D eigenvalue weighted by atomic mass is 9.96. The predicted octanol–water partition coefficient (Wildman–Crippen LogP) is 6.37. The van der Waals surface area contributed by atoms with Crippen LogP contribution < -0.4 is 4.90 Å². The van der Waals surface area contributed by atoms with Gasteiger partial charge >= 0.3 is 5.91 Å². The van der Waals surface area contributed by atoms with Crippen LogP contribution in [0.5, 0.6) is 0 Å². The van der Waals surface area contributed by atoms with E-state index in [2.05, 4.69) is 39.4 Å². The zero-order valence-corrected chi connectivity index (χ0v) is 23.8. The van der Waals surface area contributed by atoms with Crippen LogP contribution in [0.4, 0.5) is 5.13 Å². The molecule has 200 valence electrons. The van der Waals surface area contributed by atoms with Gasteiger partial charge in [0.15, 0.2) is 10.1 Å². The van der Waals surface area contributed by atoms with Crippen molar-refractivity contribution in [1.29, 1.82) is 0 Å². The van der Waals surface area contributed by atoms with E-state index in [1.54, 1.807) is 53.9 Å². The van der Waals surface area contributed by atoms with Crippen molar-refractivity contribution in [2.75, 3.05) is 4.90 Å². The second-order valence-electron chi connectivity index (χ2n) is 9.32. The molecule has 4 heterocycles. The summed E-state index contributed by atoms with van der Waals surface area (Å²) in [6.07, 6.45) is 1.75. The van der Waals surface area contributed by atoms with Gasteiger partial charge in [0.25, 0.3) is 5.78 Å². The Morgan fingerprint density at radius 2 is 1.85 bits per heavy atom. The monoisotopic (exact) mass is 587 g/mol. The molecule has 1 aliphatic heterocycles. The van der Waals surface area contributed by atoms with Gasteiger partial charge in [-0.05, 0) is 49.2 Å². The molecular weight excluding hydrogens is 566 g/mol. The standard InChI is InChI=1S/C29H22ClN5O3S2/c1-16-9-11-18(12-10-16)15-39-29-33-32-28(40-29)35-24(19-6-5-7-20(30)14-19)22(26(37)27(35)38)25(36)23-17(2)31-21-8-3-4-13-34(21)23/h3-14,24,36H,15H2,1-2H3. The fourth-order valence-electron chi connectivity index (χ4n) is 4.74. The minimum Gasteiger partial charge on any atom is -0.505 e. The molecule has 6 rings (SSSR count). The number of carbonyl (C=O) groups excluding carboxylic acids is 2. The summed E-state index contributed by atoms with van der Waals surface area (Å²) in [5.74, 6) is -1.26. The van der Waals surface area contributed by atoms with E-state index in [0.717, 1.165) is 5.56 Å². The third-order valence-corrected chi connectivity index (χ3v) is 8.98. The van der Waals surface area contributed by atoms with Crippen molar-refractivity contribution < 1.29 is 14.7 Å². The van der Waals surface area contributed by atoms with Gasteiger partial charge in [-0.15, -0.1) is 10.2 Å². The van der Waals surface area contributed by atoms with Crippen molar-refractivity contribution in [3.63, 3.8) is 0 Å². The van der Waals surface area contributed by atoms with Gasteiger partial charge in [0.05, 0.1) is 17.3 Å². The van der Waals surface area contributed by atoms with Gasteiger partial charge < -0.3 is 5.11 Å². The average Bonchev–Trinajstić information content (AvgIpc) is 3.62. The first kappa shape index (κ1) is 26.2. The zero-order chi connectivity index (χ0) is 28.0. The van der Waals surface area contributed by atoms with Crippen LogP contribution in [0.2, 0.25) is 5.02 Å². The maximum atomic E-state index is 13.6. The van der Waals surface area contributed by atoms with Gasteiger partial charge in [-0.2, -0.15) is 0 Å². The summed E-state index contributed by atoms with van der Waals surface area (Å²) in [6, 6.07) is 19.6. The van der Waals surface area contributed by atoms with Crippen molar-refractivity contribution in [3.05, 3.63) is 112 Å². The number of rotatable bonds is 6. The minimum atomic E-state index is -0.963. The number of imidazole rings is 1. The van der Waals surface area contributed by atoms with E-state index >= 15 is 0 Å². The number of aliphatic hydroxyl groups excluding tert-OH is 1. The van der Waals surface area contributed by atoms with Gasteiger partial charge in [-0.3, -0.25) is 18.9 Å². The number of benzene rings is 2. The van der Waals surface area contributed by atoms with Crippen molar-refractivity contribution >= 4 is 62.9 Å². The molecule has 3 aromatic heterocycles. The number of aromatic nitrogens is 4. The van der Waals surface area contributed by atoms with Crippen LogP contribution in [0.1, 0.15) is 34.1 Å². The summed E-state index contributed by atoms with van der Waals surface area (Å²) in [4.78, 5) is 32.9. The molecule has 0 aliphatic carbocycles. The molecule has 0 spiro atoms. The Kier molecular flexibility index (Phi) is 6.91. The van der Waals surface area contributed by atoms with Crippen LogP contribution in [0.15, 0.2) is 82.8 Å². The van der Waals surface area contributed by atoms with E-state index in [1.165, 1.54) is 33.6 Å². The first-order valence-corrected chi connectivity index (χ1v) is 14.5. The Labute approximate surface area is 243 Å². The fraction of sp³-hybridized carbons (Fsp3) is 0.138. The van der Waals surface area contributed by atoms with Crippen LogP contribution in [0.3, 0.4) is 0 Å². The van der Waals surface area contributed by atoms with Gasteiger partial charge in [-0.1, -0.05) is 82.7 Å². The van der Waals surface area contributed by atoms with Crippen molar-refractivity contribution in [1.82, 2.24) is 19.6 Å². The lowest BCUT2D eigenvalue weighted by molar-refractivity contribution is -0.132. The van der Waals surface area contributed by atoms with Crippen LogP contribution in [-0.2, 0) is 15.3 Å². The Morgan fingerprint density at radius 1 is 1.05 bits per heavy atom. The number of pyridine rings is 1. The first-order chi connectivity index (χ1) is 19.3. The molecule has 1 N–H and O–H groups in total. The molecule has 1 fully saturated rings. The molecule has 1 amide bonds.